The van der Waals surface area contributed by atoms with E-state index in [1.807, 2.05) is 24.3 Å². The summed E-state index contributed by atoms with van der Waals surface area (Å²) >= 11 is 1.58. The molecule has 0 spiro atoms. The van der Waals surface area contributed by atoms with E-state index < -0.39 is 6.04 Å². The quantitative estimate of drug-likeness (QED) is 0.681. The highest BCUT2D eigenvalue weighted by atomic mass is 32.2. The first-order valence-electron chi connectivity index (χ1n) is 8.97. The lowest BCUT2D eigenvalue weighted by molar-refractivity contribution is -0.124. The molecule has 1 aliphatic heterocycles. The molecule has 1 aromatic heterocycles. The average Bonchev–Trinajstić information content (AvgIpc) is 3.23. The summed E-state index contributed by atoms with van der Waals surface area (Å²) in [6.45, 7) is 1.28. The number of carbonyl (C=O) groups is 2. The minimum absolute atomic E-state index is 0.120. The van der Waals surface area contributed by atoms with E-state index >= 15 is 0 Å². The number of carbonyl (C=O) groups excluding carboxylic acids is 2. The zero-order valence-corrected chi connectivity index (χ0v) is 16.5. The van der Waals surface area contributed by atoms with Crippen LogP contribution in [0.3, 0.4) is 0 Å². The molecular formula is C20H23N3O4S. The SMILES string of the molecule is COCCOc1ccc(CNC(=O)[C@@H]2CSCN2C(=O)c2ccccc2)cn1. The molecule has 0 unspecified atom stereocenters. The highest BCUT2D eigenvalue weighted by molar-refractivity contribution is 7.99. The first-order valence-corrected chi connectivity index (χ1v) is 10.1. The predicted molar refractivity (Wildman–Crippen MR) is 107 cm³/mol. The smallest absolute Gasteiger partial charge is 0.255 e. The second-order valence-corrected chi connectivity index (χ2v) is 7.22. The maximum Gasteiger partial charge on any atom is 0.255 e. The Bertz CT molecular complexity index is 786. The third-order valence-corrected chi connectivity index (χ3v) is 5.28. The summed E-state index contributed by atoms with van der Waals surface area (Å²) in [5.41, 5.74) is 1.45. The molecule has 1 N–H and O–H groups in total. The van der Waals surface area contributed by atoms with Crippen LogP contribution in [0.1, 0.15) is 15.9 Å². The Morgan fingerprint density at radius 1 is 1.21 bits per heavy atom. The lowest BCUT2D eigenvalue weighted by Gasteiger charge is -2.23. The molecule has 148 valence electrons. The molecule has 8 heteroatoms. The molecule has 2 amide bonds. The fourth-order valence-electron chi connectivity index (χ4n) is 2.74. The van der Waals surface area contributed by atoms with Crippen LogP contribution in [-0.4, -0.2) is 59.7 Å². The van der Waals surface area contributed by atoms with Gasteiger partial charge in [0.1, 0.15) is 12.6 Å². The Hall–Kier alpha value is -2.58. The van der Waals surface area contributed by atoms with E-state index in [0.717, 1.165) is 5.56 Å². The zero-order valence-electron chi connectivity index (χ0n) is 15.7. The number of ether oxygens (including phenoxy) is 2. The zero-order chi connectivity index (χ0) is 19.8. The van der Waals surface area contributed by atoms with Gasteiger partial charge in [-0.2, -0.15) is 0 Å². The van der Waals surface area contributed by atoms with Crippen molar-refractivity contribution in [2.24, 2.45) is 0 Å². The third-order valence-electron chi connectivity index (χ3n) is 4.27. The number of aromatic nitrogens is 1. The van der Waals surface area contributed by atoms with Crippen LogP contribution >= 0.6 is 11.8 Å². The Morgan fingerprint density at radius 2 is 2.04 bits per heavy atom. The van der Waals surface area contributed by atoms with E-state index in [1.54, 1.807) is 48.2 Å². The largest absolute Gasteiger partial charge is 0.475 e. The van der Waals surface area contributed by atoms with Gasteiger partial charge < -0.3 is 19.7 Å². The molecule has 1 atom stereocenters. The van der Waals surface area contributed by atoms with E-state index in [2.05, 4.69) is 10.3 Å². The first-order chi connectivity index (χ1) is 13.7. The number of thioether (sulfide) groups is 1. The van der Waals surface area contributed by atoms with Gasteiger partial charge in [0.2, 0.25) is 11.8 Å². The molecule has 0 radical (unpaired) electrons. The van der Waals surface area contributed by atoms with Crippen LogP contribution in [0.25, 0.3) is 0 Å². The second-order valence-electron chi connectivity index (χ2n) is 6.22. The Balaban J connectivity index is 1.53. The number of amides is 2. The number of rotatable bonds is 8. The van der Waals surface area contributed by atoms with Gasteiger partial charge in [-0.25, -0.2) is 4.98 Å². The molecule has 1 fully saturated rings. The van der Waals surface area contributed by atoms with Gasteiger partial charge >= 0.3 is 0 Å². The fraction of sp³-hybridized carbons (Fsp3) is 0.350. The molecule has 3 rings (SSSR count). The van der Waals surface area contributed by atoms with Gasteiger partial charge in [-0.1, -0.05) is 24.3 Å². The van der Waals surface area contributed by atoms with E-state index in [0.29, 0.717) is 42.8 Å². The van der Waals surface area contributed by atoms with Crippen molar-refractivity contribution in [2.75, 3.05) is 32.0 Å². The monoisotopic (exact) mass is 401 g/mol. The van der Waals surface area contributed by atoms with Crippen molar-refractivity contribution in [3.63, 3.8) is 0 Å². The molecular weight excluding hydrogens is 378 g/mol. The van der Waals surface area contributed by atoms with E-state index in [1.165, 1.54) is 0 Å². The lowest BCUT2D eigenvalue weighted by Crippen LogP contribution is -2.47. The van der Waals surface area contributed by atoms with Gasteiger partial charge in [0.15, 0.2) is 0 Å². The summed E-state index contributed by atoms with van der Waals surface area (Å²) in [6, 6.07) is 12.2. The minimum Gasteiger partial charge on any atom is -0.475 e. The number of hydrogen-bond acceptors (Lipinski definition) is 6. The van der Waals surface area contributed by atoms with Crippen LogP contribution in [0, 0.1) is 0 Å². The molecule has 0 aliphatic carbocycles. The van der Waals surface area contributed by atoms with Crippen molar-refractivity contribution < 1.29 is 19.1 Å². The lowest BCUT2D eigenvalue weighted by atomic mass is 10.1. The predicted octanol–water partition coefficient (Wildman–Crippen LogP) is 1.94. The van der Waals surface area contributed by atoms with E-state index in [9.17, 15) is 9.59 Å². The van der Waals surface area contributed by atoms with Crippen molar-refractivity contribution in [3.8, 4) is 5.88 Å². The summed E-state index contributed by atoms with van der Waals surface area (Å²) < 4.78 is 10.3. The van der Waals surface area contributed by atoms with Crippen LogP contribution < -0.4 is 10.1 Å². The molecule has 2 heterocycles. The summed E-state index contributed by atoms with van der Waals surface area (Å²) in [7, 11) is 1.61. The summed E-state index contributed by atoms with van der Waals surface area (Å²) in [5.74, 6) is 1.34. The van der Waals surface area contributed by atoms with Crippen molar-refractivity contribution >= 4 is 23.6 Å². The van der Waals surface area contributed by atoms with Crippen LogP contribution in [0.2, 0.25) is 0 Å². The average molecular weight is 401 g/mol. The molecule has 0 bridgehead atoms. The molecule has 1 aliphatic rings. The van der Waals surface area contributed by atoms with Crippen molar-refractivity contribution in [2.45, 2.75) is 12.6 Å². The van der Waals surface area contributed by atoms with Gasteiger partial charge in [-0.15, -0.1) is 11.8 Å². The van der Waals surface area contributed by atoms with Gasteiger partial charge in [0, 0.05) is 37.2 Å². The fourth-order valence-corrected chi connectivity index (χ4v) is 3.90. The molecule has 7 nitrogen and oxygen atoms in total. The third kappa shape index (κ3) is 5.24. The molecule has 1 saturated heterocycles. The molecule has 1 aromatic carbocycles. The van der Waals surface area contributed by atoms with Gasteiger partial charge in [-0.3, -0.25) is 9.59 Å². The maximum atomic E-state index is 12.7. The van der Waals surface area contributed by atoms with E-state index in [-0.39, 0.29) is 11.8 Å². The summed E-state index contributed by atoms with van der Waals surface area (Å²) in [4.78, 5) is 31.1. The Labute approximate surface area is 168 Å². The summed E-state index contributed by atoms with van der Waals surface area (Å²) in [6.07, 6.45) is 1.67. The standard InChI is InChI=1S/C20H23N3O4S/c1-26-9-10-27-18-8-7-15(11-21-18)12-22-19(24)17-13-28-14-23(17)20(25)16-5-3-2-4-6-16/h2-8,11,17H,9-10,12-14H2,1H3,(H,22,24)/t17-/m0/s1. The molecule has 28 heavy (non-hydrogen) atoms. The summed E-state index contributed by atoms with van der Waals surface area (Å²) in [5, 5.41) is 2.90. The number of methoxy groups -OCH3 is 1. The van der Waals surface area contributed by atoms with Crippen LogP contribution in [-0.2, 0) is 16.1 Å². The Morgan fingerprint density at radius 3 is 2.75 bits per heavy atom. The topological polar surface area (TPSA) is 80.8 Å². The van der Waals surface area contributed by atoms with E-state index in [4.69, 9.17) is 9.47 Å². The van der Waals surface area contributed by atoms with Gasteiger partial charge in [-0.05, 0) is 17.7 Å². The first kappa shape index (κ1) is 20.2. The van der Waals surface area contributed by atoms with Gasteiger partial charge in [0.25, 0.3) is 5.91 Å². The van der Waals surface area contributed by atoms with Crippen molar-refractivity contribution in [1.29, 1.82) is 0 Å². The van der Waals surface area contributed by atoms with Gasteiger partial charge in [0.05, 0.1) is 12.5 Å². The van der Waals surface area contributed by atoms with Crippen LogP contribution in [0.15, 0.2) is 48.7 Å². The number of nitrogens with one attached hydrogen (secondary N) is 1. The Kier molecular flexibility index (Phi) is 7.27. The van der Waals surface area contributed by atoms with Crippen LogP contribution in [0.4, 0.5) is 0 Å². The normalized spacial score (nSPS) is 16.0. The minimum atomic E-state index is -0.470. The maximum absolute atomic E-state index is 12.7. The molecule has 2 aromatic rings. The van der Waals surface area contributed by atoms with Crippen molar-refractivity contribution in [1.82, 2.24) is 15.2 Å². The van der Waals surface area contributed by atoms with Crippen LogP contribution in [0.5, 0.6) is 5.88 Å². The second kappa shape index (κ2) is 10.1. The number of pyridine rings is 1. The number of nitrogens with zero attached hydrogens (tertiary/aromatic N) is 2. The van der Waals surface area contributed by atoms with Crippen molar-refractivity contribution in [3.05, 3.63) is 59.8 Å². The number of benzene rings is 1. The molecule has 0 saturated carbocycles. The highest BCUT2D eigenvalue weighted by Gasteiger charge is 2.34. The highest BCUT2D eigenvalue weighted by Crippen LogP contribution is 2.23. The number of hydrogen-bond donors (Lipinski definition) is 1.